The summed E-state index contributed by atoms with van der Waals surface area (Å²) in [4.78, 5) is 15.2. The van der Waals surface area contributed by atoms with Crippen LogP contribution >= 0.6 is 11.6 Å². The number of hydrogen-bond donors (Lipinski definition) is 0. The van der Waals surface area contributed by atoms with E-state index in [9.17, 15) is 4.79 Å². The van der Waals surface area contributed by atoms with Crippen LogP contribution in [0.15, 0.2) is 66.7 Å². The lowest BCUT2D eigenvalue weighted by Crippen LogP contribution is -2.41. The highest BCUT2D eigenvalue weighted by atomic mass is 35.5. The largest absolute Gasteiger partial charge is 0.490 e. The molecule has 0 fully saturated rings. The van der Waals surface area contributed by atoms with E-state index in [1.54, 1.807) is 0 Å². The number of fused-ring (bicyclic) bond motifs is 1. The van der Waals surface area contributed by atoms with Crippen molar-refractivity contribution in [2.75, 3.05) is 18.1 Å². The first-order valence-corrected chi connectivity index (χ1v) is 10.5. The van der Waals surface area contributed by atoms with Gasteiger partial charge in [-0.25, -0.2) is 0 Å². The van der Waals surface area contributed by atoms with E-state index in [2.05, 4.69) is 0 Å². The second-order valence-electron chi connectivity index (χ2n) is 7.09. The van der Waals surface area contributed by atoms with Gasteiger partial charge in [0.05, 0.1) is 25.7 Å². The molecule has 0 radical (unpaired) electrons. The van der Waals surface area contributed by atoms with E-state index in [4.69, 9.17) is 21.1 Å². The third-order valence-electron chi connectivity index (χ3n) is 5.19. The molecular weight excluding hydrogens is 398 g/mol. The van der Waals surface area contributed by atoms with E-state index in [-0.39, 0.29) is 11.9 Å². The van der Waals surface area contributed by atoms with Crippen molar-refractivity contribution < 1.29 is 14.3 Å². The lowest BCUT2D eigenvalue weighted by atomic mass is 9.87. The Hall–Kier alpha value is -2.98. The van der Waals surface area contributed by atoms with Crippen LogP contribution in [0.3, 0.4) is 0 Å². The minimum Gasteiger partial charge on any atom is -0.490 e. The molecule has 4 nitrogen and oxygen atoms in total. The van der Waals surface area contributed by atoms with Crippen LogP contribution in [0.1, 0.15) is 36.6 Å². The van der Waals surface area contributed by atoms with Gasteiger partial charge in [0.25, 0.3) is 0 Å². The fourth-order valence-corrected chi connectivity index (χ4v) is 4.07. The van der Waals surface area contributed by atoms with Crippen molar-refractivity contribution in [1.29, 1.82) is 0 Å². The Morgan fingerprint density at radius 3 is 2.20 bits per heavy atom. The highest BCUT2D eigenvalue weighted by molar-refractivity contribution is 6.30. The van der Waals surface area contributed by atoms with E-state index in [0.717, 1.165) is 22.4 Å². The summed E-state index contributed by atoms with van der Waals surface area (Å²) in [7, 11) is 0. The number of amides is 1. The van der Waals surface area contributed by atoms with Gasteiger partial charge in [0.15, 0.2) is 11.5 Å². The van der Waals surface area contributed by atoms with Crippen LogP contribution in [0.25, 0.3) is 0 Å². The Labute approximate surface area is 182 Å². The molecule has 0 saturated heterocycles. The van der Waals surface area contributed by atoms with Gasteiger partial charge < -0.3 is 14.4 Å². The van der Waals surface area contributed by atoms with Crippen molar-refractivity contribution in [3.05, 3.63) is 88.4 Å². The normalized spacial score (nSPS) is 15.6. The summed E-state index contributed by atoms with van der Waals surface area (Å²) in [6.07, 6.45) is 0.306. The van der Waals surface area contributed by atoms with E-state index < -0.39 is 0 Å². The molecule has 4 rings (SSSR count). The zero-order valence-electron chi connectivity index (χ0n) is 17.1. The third-order valence-corrected chi connectivity index (χ3v) is 5.44. The van der Waals surface area contributed by atoms with Gasteiger partial charge in [-0.1, -0.05) is 41.9 Å². The van der Waals surface area contributed by atoms with Gasteiger partial charge in [0.2, 0.25) is 5.91 Å². The molecule has 3 aromatic carbocycles. The van der Waals surface area contributed by atoms with Crippen LogP contribution in [0.4, 0.5) is 5.69 Å². The lowest BCUT2D eigenvalue weighted by Gasteiger charge is -2.38. The summed E-state index contributed by atoms with van der Waals surface area (Å²) in [6.45, 7) is 4.95. The Bertz CT molecular complexity index is 1030. The summed E-state index contributed by atoms with van der Waals surface area (Å²) in [6, 6.07) is 21.1. The number of carbonyl (C=O) groups is 1. The minimum absolute atomic E-state index is 0.0419. The maximum atomic E-state index is 13.3. The molecule has 5 heteroatoms. The van der Waals surface area contributed by atoms with Gasteiger partial charge in [0, 0.05) is 10.7 Å². The van der Waals surface area contributed by atoms with Crippen LogP contribution < -0.4 is 14.4 Å². The Morgan fingerprint density at radius 2 is 1.57 bits per heavy atom. The smallest absolute Gasteiger partial charge is 0.232 e. The zero-order valence-corrected chi connectivity index (χ0v) is 17.9. The van der Waals surface area contributed by atoms with Crippen molar-refractivity contribution in [3.63, 3.8) is 0 Å². The van der Waals surface area contributed by atoms with Crippen LogP contribution in [0.2, 0.25) is 5.02 Å². The SMILES string of the molecule is CCOc1cc2c(cc1OCC)C(c1ccc(Cl)cc1)N(c1ccccc1)C(=O)C2. The summed E-state index contributed by atoms with van der Waals surface area (Å²) >= 11 is 6.14. The highest BCUT2D eigenvalue weighted by Crippen LogP contribution is 2.43. The summed E-state index contributed by atoms with van der Waals surface area (Å²) < 4.78 is 11.7. The quantitative estimate of drug-likeness (QED) is 0.503. The van der Waals surface area contributed by atoms with Crippen molar-refractivity contribution >= 4 is 23.2 Å². The molecule has 1 heterocycles. The molecule has 0 aromatic heterocycles. The maximum Gasteiger partial charge on any atom is 0.232 e. The first-order chi connectivity index (χ1) is 14.6. The first kappa shape index (κ1) is 20.3. The topological polar surface area (TPSA) is 38.8 Å². The molecule has 0 saturated carbocycles. The zero-order chi connectivity index (χ0) is 21.1. The standard InChI is InChI=1S/C25H24ClNO3/c1-3-29-22-14-18-15-24(28)27(20-8-6-5-7-9-20)25(17-10-12-19(26)13-11-17)21(18)16-23(22)30-4-2/h5-14,16,25H,3-4,15H2,1-2H3. The number of benzene rings is 3. The monoisotopic (exact) mass is 421 g/mol. The van der Waals surface area contributed by atoms with E-state index in [0.29, 0.717) is 36.2 Å². The van der Waals surface area contributed by atoms with E-state index in [1.807, 2.05) is 85.5 Å². The van der Waals surface area contributed by atoms with Gasteiger partial charge >= 0.3 is 0 Å². The summed E-state index contributed by atoms with van der Waals surface area (Å²) in [5.41, 5.74) is 3.84. The number of carbonyl (C=O) groups excluding carboxylic acids is 1. The molecule has 30 heavy (non-hydrogen) atoms. The molecule has 0 aliphatic carbocycles. The molecule has 1 unspecified atom stereocenters. The van der Waals surface area contributed by atoms with Crippen molar-refractivity contribution in [3.8, 4) is 11.5 Å². The van der Waals surface area contributed by atoms with Crippen LogP contribution in [-0.4, -0.2) is 19.1 Å². The molecule has 154 valence electrons. The minimum atomic E-state index is -0.282. The fourth-order valence-electron chi connectivity index (χ4n) is 3.95. The highest BCUT2D eigenvalue weighted by Gasteiger charge is 2.35. The Balaban J connectivity index is 1.92. The number of para-hydroxylation sites is 1. The number of halogens is 1. The summed E-state index contributed by atoms with van der Waals surface area (Å²) in [5.74, 6) is 1.41. The van der Waals surface area contributed by atoms with Crippen LogP contribution in [0, 0.1) is 0 Å². The second kappa shape index (κ2) is 8.80. The molecule has 1 atom stereocenters. The maximum absolute atomic E-state index is 13.3. The van der Waals surface area contributed by atoms with Gasteiger partial charge in [0.1, 0.15) is 0 Å². The van der Waals surface area contributed by atoms with E-state index in [1.165, 1.54) is 0 Å². The van der Waals surface area contributed by atoms with Crippen molar-refractivity contribution in [2.24, 2.45) is 0 Å². The van der Waals surface area contributed by atoms with Crippen LogP contribution in [-0.2, 0) is 11.2 Å². The van der Waals surface area contributed by atoms with Gasteiger partial charge in [-0.05, 0) is 66.9 Å². The number of ether oxygens (including phenoxy) is 2. The predicted octanol–water partition coefficient (Wildman–Crippen LogP) is 5.82. The Morgan fingerprint density at radius 1 is 0.933 bits per heavy atom. The lowest BCUT2D eigenvalue weighted by molar-refractivity contribution is -0.118. The molecule has 3 aromatic rings. The molecule has 0 spiro atoms. The molecule has 1 aliphatic heterocycles. The predicted molar refractivity (Wildman–Crippen MR) is 120 cm³/mol. The molecule has 1 amide bonds. The Kier molecular flexibility index (Phi) is 5.96. The number of anilines is 1. The average Bonchev–Trinajstić information content (AvgIpc) is 2.75. The molecule has 0 bridgehead atoms. The molecule has 1 aliphatic rings. The number of nitrogens with zero attached hydrogens (tertiary/aromatic N) is 1. The average molecular weight is 422 g/mol. The van der Waals surface area contributed by atoms with Crippen LogP contribution in [0.5, 0.6) is 11.5 Å². The molecular formula is C25H24ClNO3. The van der Waals surface area contributed by atoms with Gasteiger partial charge in [-0.3, -0.25) is 4.79 Å². The second-order valence-corrected chi connectivity index (χ2v) is 7.53. The van der Waals surface area contributed by atoms with Gasteiger partial charge in [-0.2, -0.15) is 0 Å². The summed E-state index contributed by atoms with van der Waals surface area (Å²) in [5, 5.41) is 0.661. The fraction of sp³-hybridized carbons (Fsp3) is 0.240. The number of rotatable bonds is 6. The molecule has 0 N–H and O–H groups in total. The van der Waals surface area contributed by atoms with Gasteiger partial charge in [-0.15, -0.1) is 0 Å². The third kappa shape index (κ3) is 3.88. The van der Waals surface area contributed by atoms with Crippen molar-refractivity contribution in [2.45, 2.75) is 26.3 Å². The van der Waals surface area contributed by atoms with Crippen molar-refractivity contribution in [1.82, 2.24) is 0 Å². The number of hydrogen-bond acceptors (Lipinski definition) is 3. The van der Waals surface area contributed by atoms with E-state index >= 15 is 0 Å². The first-order valence-electron chi connectivity index (χ1n) is 10.2.